The van der Waals surface area contributed by atoms with Crippen molar-refractivity contribution in [3.63, 3.8) is 0 Å². The molecule has 0 spiro atoms. The molecule has 2 nitrogen and oxygen atoms in total. The van der Waals surface area contributed by atoms with Crippen molar-refractivity contribution in [2.45, 2.75) is 10.6 Å². The van der Waals surface area contributed by atoms with Crippen LogP contribution in [0.25, 0.3) is 0 Å². The minimum absolute atomic E-state index is 0.728. The van der Waals surface area contributed by atoms with Crippen LogP contribution in [0.5, 0.6) is 0 Å². The molecule has 0 aliphatic carbocycles. The molecule has 0 heterocycles. The monoisotopic (exact) mass is 198 g/mol. The van der Waals surface area contributed by atoms with Crippen LogP contribution in [0.3, 0.4) is 0 Å². The molecular formula is C6H14O2Se. The fraction of sp³-hybridized carbons (Fsp3) is 1.00. The van der Waals surface area contributed by atoms with Crippen molar-refractivity contribution in [1.82, 2.24) is 0 Å². The molecule has 9 heavy (non-hydrogen) atoms. The second-order valence-corrected chi connectivity index (χ2v) is 4.17. The van der Waals surface area contributed by atoms with Gasteiger partial charge in [0.05, 0.1) is 0 Å². The van der Waals surface area contributed by atoms with Crippen molar-refractivity contribution < 1.29 is 9.47 Å². The summed E-state index contributed by atoms with van der Waals surface area (Å²) in [5.41, 5.74) is 0. The Bertz CT molecular complexity index is 44.3. The van der Waals surface area contributed by atoms with Crippen molar-refractivity contribution in [2.75, 3.05) is 27.4 Å². The van der Waals surface area contributed by atoms with Crippen LogP contribution >= 0.6 is 0 Å². The van der Waals surface area contributed by atoms with Crippen molar-refractivity contribution >= 4 is 15.0 Å². The molecule has 0 aromatic rings. The van der Waals surface area contributed by atoms with Crippen LogP contribution in [-0.4, -0.2) is 42.4 Å². The first kappa shape index (κ1) is 9.44. The van der Waals surface area contributed by atoms with Gasteiger partial charge in [0.2, 0.25) is 0 Å². The van der Waals surface area contributed by atoms with Crippen LogP contribution in [0, 0.1) is 0 Å². The predicted molar refractivity (Wildman–Crippen MR) is 39.1 cm³/mol. The second-order valence-electron chi connectivity index (χ2n) is 1.60. The molecule has 0 radical (unpaired) electrons. The predicted octanol–water partition coefficient (Wildman–Crippen LogP) is 0.820. The van der Waals surface area contributed by atoms with Gasteiger partial charge in [-0.3, -0.25) is 0 Å². The topological polar surface area (TPSA) is 18.5 Å². The fourth-order valence-electron chi connectivity index (χ4n) is 0.387. The summed E-state index contributed by atoms with van der Waals surface area (Å²) in [5, 5.41) is 2.43. The van der Waals surface area contributed by atoms with Gasteiger partial charge in [-0.1, -0.05) is 0 Å². The molecule has 0 N–H and O–H groups in total. The van der Waals surface area contributed by atoms with Crippen molar-refractivity contribution in [3.05, 3.63) is 0 Å². The number of hydrogen-bond acceptors (Lipinski definition) is 2. The van der Waals surface area contributed by atoms with Gasteiger partial charge in [-0.15, -0.1) is 0 Å². The van der Waals surface area contributed by atoms with Gasteiger partial charge in [-0.2, -0.15) is 0 Å². The Kier molecular flexibility index (Phi) is 8.85. The molecule has 0 aromatic carbocycles. The summed E-state index contributed by atoms with van der Waals surface area (Å²) in [5.74, 6) is 0. The molecule has 0 bridgehead atoms. The van der Waals surface area contributed by atoms with Gasteiger partial charge in [0, 0.05) is 0 Å². The maximum atomic E-state index is 4.90. The molecule has 0 atom stereocenters. The molecule has 0 rings (SSSR count). The standard InChI is InChI=1S/C6H14O2Se/c1-7-3-5-9-6-4-8-2/h3-6H2,1-2H3. The molecule has 0 saturated heterocycles. The van der Waals surface area contributed by atoms with Crippen LogP contribution in [0.2, 0.25) is 10.6 Å². The van der Waals surface area contributed by atoms with Gasteiger partial charge < -0.3 is 0 Å². The van der Waals surface area contributed by atoms with E-state index in [4.69, 9.17) is 9.47 Å². The molecule has 0 amide bonds. The summed E-state index contributed by atoms with van der Waals surface area (Å²) in [6.45, 7) is 1.81. The van der Waals surface area contributed by atoms with Crippen molar-refractivity contribution in [3.8, 4) is 0 Å². The average Bonchev–Trinajstić information content (AvgIpc) is 1.89. The molecule has 56 valence electrons. The van der Waals surface area contributed by atoms with E-state index in [1.807, 2.05) is 0 Å². The zero-order valence-electron chi connectivity index (χ0n) is 6.05. The van der Waals surface area contributed by atoms with Gasteiger partial charge in [-0.25, -0.2) is 0 Å². The van der Waals surface area contributed by atoms with E-state index < -0.39 is 0 Å². The zero-order valence-corrected chi connectivity index (χ0v) is 7.77. The summed E-state index contributed by atoms with van der Waals surface area (Å²) in [7, 11) is 3.48. The Morgan fingerprint density at radius 3 is 1.78 bits per heavy atom. The molecule has 0 aliphatic heterocycles. The first-order valence-corrected chi connectivity index (χ1v) is 5.39. The van der Waals surface area contributed by atoms with E-state index in [2.05, 4.69) is 0 Å². The normalized spacial score (nSPS) is 10.0. The van der Waals surface area contributed by atoms with E-state index in [9.17, 15) is 0 Å². The summed E-state index contributed by atoms with van der Waals surface area (Å²) in [6, 6.07) is 0. The Morgan fingerprint density at radius 1 is 1.00 bits per heavy atom. The third-order valence-electron chi connectivity index (χ3n) is 0.864. The van der Waals surface area contributed by atoms with Gasteiger partial charge >= 0.3 is 62.5 Å². The third-order valence-corrected chi connectivity index (χ3v) is 2.77. The van der Waals surface area contributed by atoms with E-state index >= 15 is 0 Å². The van der Waals surface area contributed by atoms with Crippen LogP contribution in [0.4, 0.5) is 0 Å². The first-order chi connectivity index (χ1) is 4.41. The van der Waals surface area contributed by atoms with Crippen LogP contribution in [0.1, 0.15) is 0 Å². The number of hydrogen-bond donors (Lipinski definition) is 0. The third kappa shape index (κ3) is 8.44. The summed E-state index contributed by atoms with van der Waals surface area (Å²) in [6.07, 6.45) is 0. The SMILES string of the molecule is COCC[Se]CCOC. The molecule has 3 heteroatoms. The van der Waals surface area contributed by atoms with Gasteiger partial charge in [-0.05, 0) is 0 Å². The summed E-state index contributed by atoms with van der Waals surface area (Å²) >= 11 is 0.728. The van der Waals surface area contributed by atoms with E-state index in [1.54, 1.807) is 14.2 Å². The molecule has 0 aromatic heterocycles. The van der Waals surface area contributed by atoms with Crippen LogP contribution in [-0.2, 0) is 9.47 Å². The Labute approximate surface area is 63.1 Å². The van der Waals surface area contributed by atoms with Crippen molar-refractivity contribution in [2.24, 2.45) is 0 Å². The Morgan fingerprint density at radius 2 is 1.44 bits per heavy atom. The van der Waals surface area contributed by atoms with Gasteiger partial charge in [0.15, 0.2) is 0 Å². The average molecular weight is 197 g/mol. The fourth-order valence-corrected chi connectivity index (χ4v) is 2.01. The van der Waals surface area contributed by atoms with Crippen LogP contribution in [0.15, 0.2) is 0 Å². The summed E-state index contributed by atoms with van der Waals surface area (Å²) in [4.78, 5) is 0. The van der Waals surface area contributed by atoms with Crippen LogP contribution < -0.4 is 0 Å². The molecule has 0 fully saturated rings. The minimum atomic E-state index is 0.728. The van der Waals surface area contributed by atoms with E-state index in [1.165, 1.54) is 10.6 Å². The number of ether oxygens (including phenoxy) is 2. The molecule has 0 aliphatic rings. The van der Waals surface area contributed by atoms with Gasteiger partial charge in [0.1, 0.15) is 0 Å². The molecule has 0 unspecified atom stereocenters. The number of rotatable bonds is 6. The maximum absolute atomic E-state index is 4.90. The van der Waals surface area contributed by atoms with Crippen molar-refractivity contribution in [1.29, 1.82) is 0 Å². The number of methoxy groups -OCH3 is 2. The summed E-state index contributed by atoms with van der Waals surface area (Å²) < 4.78 is 9.79. The Balaban J connectivity index is 2.60. The first-order valence-electron chi connectivity index (χ1n) is 2.97. The molecular weight excluding hydrogens is 183 g/mol. The quantitative estimate of drug-likeness (QED) is 0.463. The van der Waals surface area contributed by atoms with E-state index in [0.717, 1.165) is 28.2 Å². The molecule has 0 saturated carbocycles. The zero-order chi connectivity index (χ0) is 6.95. The Hall–Kier alpha value is 0.439. The van der Waals surface area contributed by atoms with E-state index in [-0.39, 0.29) is 0 Å². The van der Waals surface area contributed by atoms with Gasteiger partial charge in [0.25, 0.3) is 0 Å². The second kappa shape index (κ2) is 8.44. The van der Waals surface area contributed by atoms with E-state index in [0.29, 0.717) is 0 Å².